The van der Waals surface area contributed by atoms with Crippen LogP contribution in [0.3, 0.4) is 0 Å². The third kappa shape index (κ3) is 3.46. The summed E-state index contributed by atoms with van der Waals surface area (Å²) in [7, 11) is -2.35. The molecule has 0 amide bonds. The Hall–Kier alpha value is -2.34. The highest BCUT2D eigenvalue weighted by atomic mass is 32.2. The van der Waals surface area contributed by atoms with Crippen LogP contribution in [-0.2, 0) is 14.8 Å². The third-order valence-corrected chi connectivity index (χ3v) is 4.61. The van der Waals surface area contributed by atoms with E-state index < -0.39 is 16.0 Å². The zero-order valence-corrected chi connectivity index (χ0v) is 13.4. The molecule has 0 aromatic heterocycles. The average Bonchev–Trinajstić information content (AvgIpc) is 2.46. The standard InChI is InChI=1S/C16H17NO4S/c1-11-4-7-14(8-5-11)22(19,20)17-13-6-9-15(12(2)10-13)16(18)21-3/h4-10,17H,1-3H3. The lowest BCUT2D eigenvalue weighted by molar-refractivity contribution is 0.0600. The fourth-order valence-electron chi connectivity index (χ4n) is 2.00. The number of nitrogens with one attached hydrogen (secondary N) is 1. The van der Waals surface area contributed by atoms with Crippen molar-refractivity contribution in [2.45, 2.75) is 18.7 Å². The van der Waals surface area contributed by atoms with Gasteiger partial charge >= 0.3 is 5.97 Å². The van der Waals surface area contributed by atoms with Crippen molar-refractivity contribution >= 4 is 21.7 Å². The minimum Gasteiger partial charge on any atom is -0.465 e. The molecule has 22 heavy (non-hydrogen) atoms. The van der Waals surface area contributed by atoms with Crippen LogP contribution in [0.15, 0.2) is 47.4 Å². The number of sulfonamides is 1. The van der Waals surface area contributed by atoms with Gasteiger partial charge in [-0.3, -0.25) is 4.72 Å². The normalized spacial score (nSPS) is 11.0. The fourth-order valence-corrected chi connectivity index (χ4v) is 3.05. The number of rotatable bonds is 4. The molecular formula is C16H17NO4S. The lowest BCUT2D eigenvalue weighted by Crippen LogP contribution is -2.13. The molecule has 0 spiro atoms. The van der Waals surface area contributed by atoms with Crippen LogP contribution in [0.2, 0.25) is 0 Å². The van der Waals surface area contributed by atoms with Crippen molar-refractivity contribution in [2.75, 3.05) is 11.8 Å². The fraction of sp³-hybridized carbons (Fsp3) is 0.188. The number of esters is 1. The Morgan fingerprint density at radius 3 is 2.23 bits per heavy atom. The van der Waals surface area contributed by atoms with Crippen molar-refractivity contribution in [1.29, 1.82) is 0 Å². The third-order valence-electron chi connectivity index (χ3n) is 3.22. The maximum absolute atomic E-state index is 12.3. The van der Waals surface area contributed by atoms with Gasteiger partial charge in [-0.05, 0) is 49.7 Å². The number of hydrogen-bond donors (Lipinski definition) is 1. The second kappa shape index (κ2) is 6.19. The van der Waals surface area contributed by atoms with Gasteiger partial charge in [0.2, 0.25) is 0 Å². The highest BCUT2D eigenvalue weighted by Gasteiger charge is 2.15. The van der Waals surface area contributed by atoms with Crippen molar-refractivity contribution in [3.8, 4) is 0 Å². The lowest BCUT2D eigenvalue weighted by Gasteiger charge is -2.10. The van der Waals surface area contributed by atoms with Crippen LogP contribution in [0.4, 0.5) is 5.69 Å². The highest BCUT2D eigenvalue weighted by molar-refractivity contribution is 7.92. The molecule has 0 heterocycles. The molecule has 0 unspecified atom stereocenters. The van der Waals surface area contributed by atoms with E-state index in [0.29, 0.717) is 16.8 Å². The molecule has 0 aliphatic carbocycles. The summed E-state index contributed by atoms with van der Waals surface area (Å²) in [5, 5.41) is 0. The summed E-state index contributed by atoms with van der Waals surface area (Å²) in [5.74, 6) is -0.453. The van der Waals surface area contributed by atoms with Crippen LogP contribution in [0.25, 0.3) is 0 Å². The molecule has 0 aliphatic rings. The number of methoxy groups -OCH3 is 1. The predicted molar refractivity (Wildman–Crippen MR) is 84.5 cm³/mol. The minimum atomic E-state index is -3.65. The quantitative estimate of drug-likeness (QED) is 0.880. The molecule has 0 fully saturated rings. The number of hydrogen-bond acceptors (Lipinski definition) is 4. The summed E-state index contributed by atoms with van der Waals surface area (Å²) >= 11 is 0. The topological polar surface area (TPSA) is 72.5 Å². The number of aryl methyl sites for hydroxylation is 2. The van der Waals surface area contributed by atoms with Gasteiger partial charge in [0, 0.05) is 5.69 Å². The Labute approximate surface area is 130 Å². The van der Waals surface area contributed by atoms with E-state index in [9.17, 15) is 13.2 Å². The Kier molecular flexibility index (Phi) is 4.51. The molecular weight excluding hydrogens is 302 g/mol. The highest BCUT2D eigenvalue weighted by Crippen LogP contribution is 2.20. The van der Waals surface area contributed by atoms with Crippen LogP contribution in [0, 0.1) is 13.8 Å². The summed E-state index contributed by atoms with van der Waals surface area (Å²) < 4.78 is 31.8. The number of carbonyl (C=O) groups excluding carboxylic acids is 1. The van der Waals surface area contributed by atoms with Gasteiger partial charge in [0.05, 0.1) is 17.6 Å². The van der Waals surface area contributed by atoms with E-state index in [0.717, 1.165) is 5.56 Å². The van der Waals surface area contributed by atoms with Gasteiger partial charge in [-0.25, -0.2) is 13.2 Å². The number of anilines is 1. The maximum Gasteiger partial charge on any atom is 0.338 e. The summed E-state index contributed by atoms with van der Waals surface area (Å²) in [6.45, 7) is 3.61. The van der Waals surface area contributed by atoms with Gasteiger partial charge < -0.3 is 4.74 Å². The molecule has 0 radical (unpaired) electrons. The van der Waals surface area contributed by atoms with Gasteiger partial charge in [0.15, 0.2) is 0 Å². The van der Waals surface area contributed by atoms with Crippen molar-refractivity contribution in [3.63, 3.8) is 0 Å². The first-order chi connectivity index (χ1) is 10.3. The van der Waals surface area contributed by atoms with Gasteiger partial charge in [0.25, 0.3) is 10.0 Å². The van der Waals surface area contributed by atoms with Gasteiger partial charge in [-0.2, -0.15) is 0 Å². The van der Waals surface area contributed by atoms with E-state index in [1.165, 1.54) is 19.2 Å². The van der Waals surface area contributed by atoms with E-state index in [4.69, 9.17) is 0 Å². The molecule has 116 valence electrons. The SMILES string of the molecule is COC(=O)c1ccc(NS(=O)(=O)c2ccc(C)cc2)cc1C. The molecule has 2 aromatic rings. The van der Waals surface area contributed by atoms with E-state index in [1.807, 2.05) is 6.92 Å². The van der Waals surface area contributed by atoms with E-state index in [1.54, 1.807) is 37.3 Å². The molecule has 1 N–H and O–H groups in total. The maximum atomic E-state index is 12.3. The van der Waals surface area contributed by atoms with Crippen LogP contribution < -0.4 is 4.72 Å². The molecule has 6 heteroatoms. The van der Waals surface area contributed by atoms with Gasteiger partial charge in [-0.1, -0.05) is 17.7 Å². The summed E-state index contributed by atoms with van der Waals surface area (Å²) in [4.78, 5) is 11.7. The summed E-state index contributed by atoms with van der Waals surface area (Å²) in [6, 6.07) is 11.2. The van der Waals surface area contributed by atoms with Crippen LogP contribution in [0.5, 0.6) is 0 Å². The van der Waals surface area contributed by atoms with Crippen molar-refractivity contribution in [3.05, 3.63) is 59.2 Å². The lowest BCUT2D eigenvalue weighted by atomic mass is 10.1. The smallest absolute Gasteiger partial charge is 0.338 e. The number of benzene rings is 2. The van der Waals surface area contributed by atoms with Crippen molar-refractivity contribution in [2.24, 2.45) is 0 Å². The zero-order valence-electron chi connectivity index (χ0n) is 12.6. The summed E-state index contributed by atoms with van der Waals surface area (Å²) in [5.41, 5.74) is 2.42. The van der Waals surface area contributed by atoms with E-state index >= 15 is 0 Å². The number of ether oxygens (including phenoxy) is 1. The summed E-state index contributed by atoms with van der Waals surface area (Å²) in [6.07, 6.45) is 0. The Morgan fingerprint density at radius 1 is 1.05 bits per heavy atom. The van der Waals surface area contributed by atoms with Crippen molar-refractivity contribution < 1.29 is 17.9 Å². The molecule has 0 saturated heterocycles. The van der Waals surface area contributed by atoms with E-state index in [-0.39, 0.29) is 4.90 Å². The average molecular weight is 319 g/mol. The van der Waals surface area contributed by atoms with Crippen LogP contribution >= 0.6 is 0 Å². The molecule has 5 nitrogen and oxygen atoms in total. The first-order valence-electron chi connectivity index (χ1n) is 6.62. The molecule has 2 rings (SSSR count). The first kappa shape index (κ1) is 16.0. The molecule has 2 aromatic carbocycles. The largest absolute Gasteiger partial charge is 0.465 e. The Bertz CT molecular complexity index is 795. The van der Waals surface area contributed by atoms with E-state index in [2.05, 4.69) is 9.46 Å². The monoisotopic (exact) mass is 319 g/mol. The van der Waals surface area contributed by atoms with Gasteiger partial charge in [0.1, 0.15) is 0 Å². The zero-order chi connectivity index (χ0) is 16.3. The van der Waals surface area contributed by atoms with Crippen molar-refractivity contribution in [1.82, 2.24) is 0 Å². The molecule has 0 bridgehead atoms. The Balaban J connectivity index is 2.28. The van der Waals surface area contributed by atoms with Crippen LogP contribution in [-0.4, -0.2) is 21.5 Å². The molecule has 0 aliphatic heterocycles. The minimum absolute atomic E-state index is 0.188. The first-order valence-corrected chi connectivity index (χ1v) is 8.10. The molecule has 0 atom stereocenters. The predicted octanol–water partition coefficient (Wildman–Crippen LogP) is 2.89. The van der Waals surface area contributed by atoms with Crippen LogP contribution in [0.1, 0.15) is 21.5 Å². The number of carbonyl (C=O) groups is 1. The molecule has 0 saturated carbocycles. The van der Waals surface area contributed by atoms with Gasteiger partial charge in [-0.15, -0.1) is 0 Å². The Morgan fingerprint density at radius 2 is 1.68 bits per heavy atom. The second-order valence-electron chi connectivity index (χ2n) is 4.94. The second-order valence-corrected chi connectivity index (χ2v) is 6.62.